The molecule has 6 aromatic rings. The van der Waals surface area contributed by atoms with Gasteiger partial charge in [0.1, 0.15) is 0 Å². The molecule has 0 atom stereocenters. The summed E-state index contributed by atoms with van der Waals surface area (Å²) in [7, 11) is 0. The monoisotopic (exact) mass is 538 g/mol. The highest BCUT2D eigenvalue weighted by atomic mass is 15.1. The molecule has 42 heavy (non-hydrogen) atoms. The zero-order valence-corrected chi connectivity index (χ0v) is 23.2. The molecule has 8 bridgehead atoms. The summed E-state index contributed by atoms with van der Waals surface area (Å²) in [6.45, 7) is 0. The summed E-state index contributed by atoms with van der Waals surface area (Å²) in [6.07, 6.45) is 8.69. The minimum Gasteiger partial charge on any atom is -0.311 e. The molecule has 0 amide bonds. The van der Waals surface area contributed by atoms with E-state index in [0.717, 1.165) is 56.4 Å². The molecular formula is C40H30N2. The summed E-state index contributed by atoms with van der Waals surface area (Å²) < 4.78 is 0. The fourth-order valence-corrected chi connectivity index (χ4v) is 5.37. The maximum atomic E-state index is 2.29. The average molecular weight is 539 g/mol. The van der Waals surface area contributed by atoms with Crippen LogP contribution in [0.2, 0.25) is 0 Å². The predicted octanol–water partition coefficient (Wildman–Crippen LogP) is 11.3. The standard InChI is InChI=1S/C40H30N2/c1-3-7-35(8-4-1)41-37-23-15-31(16-24-37)11-13-33-19-27-39(28-20-33)42(36-9-5-2-6-10-36)40-29-21-34(22-30-40)14-12-32-17-25-38(41)26-18-32/h1-30H/b13-11-,14-12?. The van der Waals surface area contributed by atoms with Gasteiger partial charge in [0.2, 0.25) is 0 Å². The van der Waals surface area contributed by atoms with Gasteiger partial charge < -0.3 is 9.80 Å². The van der Waals surface area contributed by atoms with Gasteiger partial charge in [0.25, 0.3) is 0 Å². The Kier molecular flexibility index (Phi) is 6.94. The van der Waals surface area contributed by atoms with Gasteiger partial charge in [-0.2, -0.15) is 0 Å². The molecule has 7 aliphatic rings. The third-order valence-electron chi connectivity index (χ3n) is 7.57. The zero-order chi connectivity index (χ0) is 28.1. The van der Waals surface area contributed by atoms with Gasteiger partial charge in [0, 0.05) is 34.1 Å². The molecule has 0 saturated carbocycles. The van der Waals surface area contributed by atoms with Gasteiger partial charge >= 0.3 is 0 Å². The fourth-order valence-electron chi connectivity index (χ4n) is 5.37. The van der Waals surface area contributed by atoms with Crippen LogP contribution in [0.4, 0.5) is 34.1 Å². The number of hydrogen-bond acceptors (Lipinski definition) is 2. The lowest BCUT2D eigenvalue weighted by Gasteiger charge is -2.26. The first-order valence-corrected chi connectivity index (χ1v) is 14.3. The summed E-state index contributed by atoms with van der Waals surface area (Å²) in [5.41, 5.74) is 11.4. The van der Waals surface area contributed by atoms with Crippen molar-refractivity contribution in [3.05, 3.63) is 180 Å². The first kappa shape index (κ1) is 25.4. The molecule has 2 nitrogen and oxygen atoms in total. The lowest BCUT2D eigenvalue weighted by atomic mass is 10.1. The van der Waals surface area contributed by atoms with Gasteiger partial charge in [-0.05, 0) is 95.1 Å². The SMILES string of the molecule is C1=Cc2ccc(cc2)N(c2ccccc2)c2ccc(cc2)/C=C\c2ccc(cc2)N(c2ccccc2)c2ccc1cc2. The van der Waals surface area contributed by atoms with Crippen LogP contribution in [0.3, 0.4) is 0 Å². The van der Waals surface area contributed by atoms with Crippen LogP contribution in [0, 0.1) is 0 Å². The van der Waals surface area contributed by atoms with Crippen molar-refractivity contribution in [2.75, 3.05) is 9.80 Å². The molecule has 0 radical (unpaired) electrons. The Hall–Kier alpha value is -5.60. The molecule has 0 spiro atoms. The average Bonchev–Trinajstić information content (AvgIpc) is 3.06. The van der Waals surface area contributed by atoms with Crippen molar-refractivity contribution in [2.24, 2.45) is 0 Å². The molecule has 6 aromatic carbocycles. The molecule has 2 heteroatoms. The second kappa shape index (κ2) is 11.5. The molecule has 7 heterocycles. The van der Waals surface area contributed by atoms with Crippen molar-refractivity contribution in [1.29, 1.82) is 0 Å². The second-order valence-electron chi connectivity index (χ2n) is 10.4. The van der Waals surface area contributed by atoms with Gasteiger partial charge in [0.05, 0.1) is 0 Å². The van der Waals surface area contributed by atoms with E-state index < -0.39 is 0 Å². The smallest absolute Gasteiger partial charge is 0.0462 e. The molecule has 0 aliphatic carbocycles. The van der Waals surface area contributed by atoms with Gasteiger partial charge in [-0.25, -0.2) is 0 Å². The third-order valence-corrected chi connectivity index (χ3v) is 7.57. The fraction of sp³-hybridized carbons (Fsp3) is 0. The molecule has 0 unspecified atom stereocenters. The quantitative estimate of drug-likeness (QED) is 0.216. The summed E-state index contributed by atoms with van der Waals surface area (Å²) in [5, 5.41) is 0. The Morgan fingerprint density at radius 2 is 0.429 bits per heavy atom. The van der Waals surface area contributed by atoms with Crippen LogP contribution in [0.25, 0.3) is 24.3 Å². The number of nitrogens with zero attached hydrogens (tertiary/aromatic N) is 2. The van der Waals surface area contributed by atoms with Crippen LogP contribution >= 0.6 is 0 Å². The highest BCUT2D eigenvalue weighted by molar-refractivity contribution is 5.81. The molecule has 7 aliphatic heterocycles. The van der Waals surface area contributed by atoms with Crippen molar-refractivity contribution in [2.45, 2.75) is 0 Å². The van der Waals surface area contributed by atoms with Gasteiger partial charge in [-0.15, -0.1) is 0 Å². The van der Waals surface area contributed by atoms with Crippen LogP contribution < -0.4 is 9.80 Å². The molecular weight excluding hydrogens is 508 g/mol. The van der Waals surface area contributed by atoms with Crippen molar-refractivity contribution in [3.8, 4) is 0 Å². The van der Waals surface area contributed by atoms with E-state index >= 15 is 0 Å². The van der Waals surface area contributed by atoms with Crippen molar-refractivity contribution in [1.82, 2.24) is 0 Å². The van der Waals surface area contributed by atoms with Crippen LogP contribution in [0.15, 0.2) is 158 Å². The summed E-state index contributed by atoms with van der Waals surface area (Å²) in [4.78, 5) is 4.59. The highest BCUT2D eigenvalue weighted by Crippen LogP contribution is 2.36. The van der Waals surface area contributed by atoms with E-state index in [4.69, 9.17) is 0 Å². The Morgan fingerprint density at radius 1 is 0.214 bits per heavy atom. The third kappa shape index (κ3) is 5.39. The first-order valence-electron chi connectivity index (χ1n) is 14.3. The van der Waals surface area contributed by atoms with E-state index in [0.29, 0.717) is 0 Å². The van der Waals surface area contributed by atoms with Crippen LogP contribution in [-0.2, 0) is 0 Å². The number of benzene rings is 6. The zero-order valence-electron chi connectivity index (χ0n) is 23.2. The van der Waals surface area contributed by atoms with Gasteiger partial charge in [0.15, 0.2) is 0 Å². The van der Waals surface area contributed by atoms with E-state index in [-0.39, 0.29) is 0 Å². The van der Waals surface area contributed by atoms with E-state index in [1.165, 1.54) is 0 Å². The van der Waals surface area contributed by atoms with Crippen molar-refractivity contribution in [3.63, 3.8) is 0 Å². The Balaban J connectivity index is 1.33. The van der Waals surface area contributed by atoms with Gasteiger partial charge in [-0.3, -0.25) is 0 Å². The predicted molar refractivity (Wildman–Crippen MR) is 180 cm³/mol. The van der Waals surface area contributed by atoms with E-state index in [1.54, 1.807) is 0 Å². The molecule has 200 valence electrons. The van der Waals surface area contributed by atoms with Crippen LogP contribution in [0.1, 0.15) is 22.3 Å². The Morgan fingerprint density at radius 3 is 0.667 bits per heavy atom. The van der Waals surface area contributed by atoms with Crippen molar-refractivity contribution < 1.29 is 0 Å². The van der Waals surface area contributed by atoms with E-state index in [9.17, 15) is 0 Å². The summed E-state index contributed by atoms with van der Waals surface area (Å²) in [6, 6.07) is 56.0. The van der Waals surface area contributed by atoms with E-state index in [2.05, 4.69) is 192 Å². The maximum absolute atomic E-state index is 2.29. The second-order valence-corrected chi connectivity index (χ2v) is 10.4. The lowest BCUT2D eigenvalue weighted by Crippen LogP contribution is -2.09. The molecule has 0 N–H and O–H groups in total. The maximum Gasteiger partial charge on any atom is 0.0462 e. The van der Waals surface area contributed by atoms with Crippen LogP contribution in [-0.4, -0.2) is 0 Å². The highest BCUT2D eigenvalue weighted by Gasteiger charge is 2.13. The largest absolute Gasteiger partial charge is 0.311 e. The summed E-state index contributed by atoms with van der Waals surface area (Å²) in [5.74, 6) is 0. The minimum atomic E-state index is 1.12. The van der Waals surface area contributed by atoms with Crippen LogP contribution in [0.5, 0.6) is 0 Å². The number of rotatable bonds is 2. The van der Waals surface area contributed by atoms with Gasteiger partial charge in [-0.1, -0.05) is 109 Å². The molecule has 0 aromatic heterocycles. The number of para-hydroxylation sites is 2. The number of anilines is 6. The molecule has 13 rings (SSSR count). The molecule has 0 fully saturated rings. The lowest BCUT2D eigenvalue weighted by molar-refractivity contribution is 1.28. The Labute approximate surface area is 247 Å². The van der Waals surface area contributed by atoms with Crippen molar-refractivity contribution >= 4 is 58.4 Å². The minimum absolute atomic E-state index is 1.12. The number of hydrogen-bond donors (Lipinski definition) is 0. The van der Waals surface area contributed by atoms with E-state index in [1.807, 2.05) is 0 Å². The first-order chi connectivity index (χ1) is 20.8. The normalized spacial score (nSPS) is 13.2. The Bertz CT molecular complexity index is 1580. The topological polar surface area (TPSA) is 6.48 Å². The summed E-state index contributed by atoms with van der Waals surface area (Å²) >= 11 is 0. The molecule has 0 saturated heterocycles.